The van der Waals surface area contributed by atoms with Crippen molar-refractivity contribution in [2.75, 3.05) is 32.7 Å². The Morgan fingerprint density at radius 1 is 1.30 bits per heavy atom. The van der Waals surface area contributed by atoms with Crippen LogP contribution in [-0.4, -0.2) is 48.4 Å². The molecule has 1 aliphatic rings. The van der Waals surface area contributed by atoms with E-state index in [0.717, 1.165) is 32.2 Å². The van der Waals surface area contributed by atoms with E-state index in [4.69, 9.17) is 5.73 Å². The smallest absolute Gasteiger partial charge is 0.231 e. The third-order valence-corrected chi connectivity index (χ3v) is 3.75. The van der Waals surface area contributed by atoms with Gasteiger partial charge in [-0.2, -0.15) is 0 Å². The van der Waals surface area contributed by atoms with E-state index in [2.05, 4.69) is 4.90 Å². The molecule has 1 heterocycles. The summed E-state index contributed by atoms with van der Waals surface area (Å²) in [5.74, 6) is -1.42. The molecule has 110 valence electrons. The highest BCUT2D eigenvalue weighted by atomic mass is 19.1. The third kappa shape index (κ3) is 3.52. The fourth-order valence-electron chi connectivity index (χ4n) is 2.57. The number of primary amides is 1. The third-order valence-electron chi connectivity index (χ3n) is 3.75. The molecule has 0 spiro atoms. The fraction of sp³-hybridized carbons (Fsp3) is 0.500. The average molecular weight is 283 g/mol. The zero-order valence-electron chi connectivity index (χ0n) is 11.5. The molecule has 20 heavy (non-hydrogen) atoms. The second-order valence-electron chi connectivity index (χ2n) is 5.12. The number of carbonyl (C=O) groups is 1. The maximum Gasteiger partial charge on any atom is 0.231 e. The van der Waals surface area contributed by atoms with Gasteiger partial charge in [-0.25, -0.2) is 8.78 Å². The molecule has 0 aromatic heterocycles. The second-order valence-corrected chi connectivity index (χ2v) is 5.12. The van der Waals surface area contributed by atoms with Crippen LogP contribution < -0.4 is 5.73 Å². The molecular weight excluding hydrogens is 264 g/mol. The number of hydrogen-bond acceptors (Lipinski definition) is 3. The first kappa shape index (κ1) is 14.9. The molecule has 1 saturated heterocycles. The number of carbonyl (C=O) groups excluding carboxylic acids is 1. The minimum atomic E-state index is -0.565. The van der Waals surface area contributed by atoms with Crippen LogP contribution in [0.4, 0.5) is 8.78 Å². The van der Waals surface area contributed by atoms with Crippen LogP contribution in [0.3, 0.4) is 0 Å². The Kier molecular flexibility index (Phi) is 4.67. The van der Waals surface area contributed by atoms with Crippen LogP contribution in [0.25, 0.3) is 0 Å². The van der Waals surface area contributed by atoms with Gasteiger partial charge < -0.3 is 5.73 Å². The molecule has 0 aliphatic carbocycles. The zero-order valence-corrected chi connectivity index (χ0v) is 11.5. The van der Waals surface area contributed by atoms with Crippen LogP contribution in [0, 0.1) is 11.6 Å². The number of rotatable bonds is 4. The average Bonchev–Trinajstić information content (AvgIpc) is 2.38. The first-order valence-corrected chi connectivity index (χ1v) is 6.67. The predicted molar refractivity (Wildman–Crippen MR) is 72.0 cm³/mol. The van der Waals surface area contributed by atoms with E-state index in [-0.39, 0.29) is 18.5 Å². The lowest BCUT2D eigenvalue weighted by molar-refractivity contribution is -0.119. The fourth-order valence-corrected chi connectivity index (χ4v) is 2.57. The van der Waals surface area contributed by atoms with Crippen LogP contribution in [0.2, 0.25) is 0 Å². The molecule has 1 aliphatic heterocycles. The van der Waals surface area contributed by atoms with Crippen molar-refractivity contribution in [2.45, 2.75) is 13.0 Å². The minimum Gasteiger partial charge on any atom is -0.369 e. The minimum absolute atomic E-state index is 0.119. The first-order chi connectivity index (χ1) is 9.47. The van der Waals surface area contributed by atoms with Gasteiger partial charge in [-0.3, -0.25) is 14.6 Å². The number of piperazine rings is 1. The quantitative estimate of drug-likeness (QED) is 0.901. The van der Waals surface area contributed by atoms with Gasteiger partial charge in [-0.15, -0.1) is 0 Å². The molecule has 1 amide bonds. The lowest BCUT2D eigenvalue weighted by atomic mass is 10.1. The van der Waals surface area contributed by atoms with Crippen LogP contribution in [0.15, 0.2) is 18.2 Å². The van der Waals surface area contributed by atoms with Gasteiger partial charge >= 0.3 is 0 Å². The molecule has 1 aromatic carbocycles. The lowest BCUT2D eigenvalue weighted by Gasteiger charge is -2.37. The van der Waals surface area contributed by atoms with Crippen molar-refractivity contribution in [3.05, 3.63) is 35.4 Å². The van der Waals surface area contributed by atoms with E-state index in [1.165, 1.54) is 12.1 Å². The van der Waals surface area contributed by atoms with Crippen LogP contribution in [0.5, 0.6) is 0 Å². The summed E-state index contributed by atoms with van der Waals surface area (Å²) in [6.07, 6.45) is 0. The molecule has 4 nitrogen and oxygen atoms in total. The van der Waals surface area contributed by atoms with E-state index in [0.29, 0.717) is 5.56 Å². The van der Waals surface area contributed by atoms with E-state index in [1.54, 1.807) is 0 Å². The number of benzene rings is 1. The molecular formula is C14H19F2N3O. The molecule has 2 N–H and O–H groups in total. The van der Waals surface area contributed by atoms with Crippen molar-refractivity contribution < 1.29 is 13.6 Å². The van der Waals surface area contributed by atoms with Gasteiger partial charge in [0, 0.05) is 43.9 Å². The lowest BCUT2D eigenvalue weighted by Crippen LogP contribution is -2.49. The molecule has 1 fully saturated rings. The molecule has 6 heteroatoms. The Labute approximate surface area is 117 Å². The molecule has 2 rings (SSSR count). The molecule has 0 bridgehead atoms. The number of nitrogens with zero attached hydrogens (tertiary/aromatic N) is 2. The normalized spacial score (nSPS) is 18.9. The maximum absolute atomic E-state index is 13.8. The Morgan fingerprint density at radius 3 is 2.50 bits per heavy atom. The van der Waals surface area contributed by atoms with Gasteiger partial charge in [0.1, 0.15) is 11.6 Å². The van der Waals surface area contributed by atoms with Crippen LogP contribution >= 0.6 is 0 Å². The van der Waals surface area contributed by atoms with Gasteiger partial charge in [0.15, 0.2) is 0 Å². The second kappa shape index (κ2) is 6.28. The van der Waals surface area contributed by atoms with Crippen molar-refractivity contribution in [3.63, 3.8) is 0 Å². The number of nitrogens with two attached hydrogens (primary N) is 1. The van der Waals surface area contributed by atoms with Gasteiger partial charge in [0.2, 0.25) is 5.91 Å². The highest BCUT2D eigenvalue weighted by Gasteiger charge is 2.24. The summed E-state index contributed by atoms with van der Waals surface area (Å²) in [7, 11) is 0. The van der Waals surface area contributed by atoms with Gasteiger partial charge in [0.25, 0.3) is 0 Å². The number of amides is 1. The van der Waals surface area contributed by atoms with E-state index in [1.807, 2.05) is 11.8 Å². The van der Waals surface area contributed by atoms with E-state index < -0.39 is 11.6 Å². The Hall–Kier alpha value is -1.53. The Bertz CT molecular complexity index is 487. The number of halogens is 2. The zero-order chi connectivity index (χ0) is 14.7. The summed E-state index contributed by atoms with van der Waals surface area (Å²) in [4.78, 5) is 15.0. The number of hydrogen-bond donors (Lipinski definition) is 1. The molecule has 0 radical (unpaired) electrons. The Balaban J connectivity index is 1.97. The van der Waals surface area contributed by atoms with Gasteiger partial charge in [0.05, 0.1) is 6.54 Å². The van der Waals surface area contributed by atoms with Crippen LogP contribution in [0.1, 0.15) is 18.5 Å². The van der Waals surface area contributed by atoms with Crippen molar-refractivity contribution in [1.82, 2.24) is 9.80 Å². The van der Waals surface area contributed by atoms with Crippen molar-refractivity contribution >= 4 is 5.91 Å². The topological polar surface area (TPSA) is 49.6 Å². The first-order valence-electron chi connectivity index (χ1n) is 6.67. The van der Waals surface area contributed by atoms with Gasteiger partial charge in [-0.1, -0.05) is 6.07 Å². The van der Waals surface area contributed by atoms with Crippen molar-refractivity contribution in [2.24, 2.45) is 5.73 Å². The summed E-state index contributed by atoms with van der Waals surface area (Å²) in [6, 6.07) is 3.56. The molecule has 1 unspecified atom stereocenters. The molecule has 0 saturated carbocycles. The summed E-state index contributed by atoms with van der Waals surface area (Å²) < 4.78 is 26.7. The predicted octanol–water partition coefficient (Wildman–Crippen LogP) is 1.13. The standard InChI is InChI=1S/C14H19F2N3O/c1-10(12-3-2-11(15)8-13(12)16)19-6-4-18(5-7-19)9-14(17)20/h2-3,8,10H,4-7,9H2,1H3,(H2,17,20). The van der Waals surface area contributed by atoms with Gasteiger partial charge in [-0.05, 0) is 13.0 Å². The van der Waals surface area contributed by atoms with E-state index >= 15 is 0 Å². The summed E-state index contributed by atoms with van der Waals surface area (Å²) >= 11 is 0. The highest BCUT2D eigenvalue weighted by Crippen LogP contribution is 2.24. The molecule has 1 aromatic rings. The summed E-state index contributed by atoms with van der Waals surface area (Å²) in [6.45, 7) is 5.05. The van der Waals surface area contributed by atoms with E-state index in [9.17, 15) is 13.6 Å². The SMILES string of the molecule is CC(c1ccc(F)cc1F)N1CCN(CC(N)=O)CC1. The van der Waals surface area contributed by atoms with Crippen molar-refractivity contribution in [1.29, 1.82) is 0 Å². The largest absolute Gasteiger partial charge is 0.369 e. The Morgan fingerprint density at radius 2 is 1.95 bits per heavy atom. The van der Waals surface area contributed by atoms with Crippen molar-refractivity contribution in [3.8, 4) is 0 Å². The highest BCUT2D eigenvalue weighted by molar-refractivity contribution is 5.75. The summed E-state index contributed by atoms with van der Waals surface area (Å²) in [5.41, 5.74) is 5.66. The summed E-state index contributed by atoms with van der Waals surface area (Å²) in [5, 5.41) is 0. The monoisotopic (exact) mass is 283 g/mol. The maximum atomic E-state index is 13.8. The van der Waals surface area contributed by atoms with Crippen LogP contribution in [-0.2, 0) is 4.79 Å². The molecule has 1 atom stereocenters.